The van der Waals surface area contributed by atoms with E-state index in [0.717, 1.165) is 16.0 Å². The van der Waals surface area contributed by atoms with Gasteiger partial charge in [-0.25, -0.2) is 0 Å². The van der Waals surface area contributed by atoms with E-state index in [4.69, 9.17) is 4.74 Å². The van der Waals surface area contributed by atoms with Gasteiger partial charge in [0.15, 0.2) is 11.5 Å². The predicted molar refractivity (Wildman–Crippen MR) is 130 cm³/mol. The van der Waals surface area contributed by atoms with Crippen molar-refractivity contribution < 1.29 is 29.5 Å². The van der Waals surface area contributed by atoms with Gasteiger partial charge in [0.25, 0.3) is 17.5 Å². The lowest BCUT2D eigenvalue weighted by Crippen LogP contribution is -2.78. The van der Waals surface area contributed by atoms with Gasteiger partial charge in [0.05, 0.1) is 27.5 Å². The molecule has 1 spiro atoms. The SMILES string of the molecule is C=CCN1CC[C@]23c4c5ccc(O)c4O[C@H]2[C@H](N2C(=O)c4cccc([N+](=O)[O-])c4C2=O)CC[C@@]3(O)[C@H]1C5. The van der Waals surface area contributed by atoms with E-state index in [1.807, 2.05) is 12.1 Å². The average molecular weight is 504 g/mol. The van der Waals surface area contributed by atoms with Crippen LogP contribution in [-0.2, 0) is 11.8 Å². The van der Waals surface area contributed by atoms with Crippen LogP contribution in [0.2, 0.25) is 0 Å². The lowest BCUT2D eigenvalue weighted by Gasteiger charge is -2.64. The number of imide groups is 1. The maximum Gasteiger partial charge on any atom is 0.282 e. The highest BCUT2D eigenvalue weighted by atomic mass is 16.6. The van der Waals surface area contributed by atoms with E-state index < -0.39 is 45.6 Å². The molecule has 2 bridgehead atoms. The number of nitrogens with zero attached hydrogens (tertiary/aromatic N) is 3. The van der Waals surface area contributed by atoms with Crippen molar-refractivity contribution in [2.75, 3.05) is 13.1 Å². The molecule has 2 aromatic carbocycles. The Bertz CT molecular complexity index is 1440. The summed E-state index contributed by atoms with van der Waals surface area (Å²) < 4.78 is 6.44. The standard InChI is InChI=1S/C27H25N3O7/c1-2-11-28-12-10-26-21-14-6-7-18(31)22(21)37-23(26)17(8-9-27(26,34)19(28)13-14)29-24(32)15-4-3-5-16(30(35)36)20(15)25(29)33/h2-7,17,19,23,31,34H,1,8-13H2/t17-,19-,23+,26+,27-/m1/s1. The van der Waals surface area contributed by atoms with Gasteiger partial charge in [-0.1, -0.05) is 18.2 Å². The summed E-state index contributed by atoms with van der Waals surface area (Å²) in [7, 11) is 0. The van der Waals surface area contributed by atoms with E-state index in [9.17, 15) is 29.9 Å². The molecule has 2 N–H and O–H groups in total. The van der Waals surface area contributed by atoms with Crippen molar-refractivity contribution in [1.29, 1.82) is 0 Å². The number of aliphatic hydroxyl groups is 1. The molecule has 2 amide bonds. The van der Waals surface area contributed by atoms with Crippen molar-refractivity contribution in [2.24, 2.45) is 0 Å². The van der Waals surface area contributed by atoms with Gasteiger partial charge in [-0.2, -0.15) is 0 Å². The molecule has 0 unspecified atom stereocenters. The van der Waals surface area contributed by atoms with Crippen molar-refractivity contribution in [1.82, 2.24) is 9.80 Å². The summed E-state index contributed by atoms with van der Waals surface area (Å²) >= 11 is 0. The number of aromatic hydroxyl groups is 1. The van der Waals surface area contributed by atoms with Crippen LogP contribution in [0.25, 0.3) is 0 Å². The third-order valence-corrected chi connectivity index (χ3v) is 9.36. The lowest BCUT2D eigenvalue weighted by molar-refractivity contribution is -0.385. The fourth-order valence-corrected chi connectivity index (χ4v) is 7.99. The number of hydrogen-bond donors (Lipinski definition) is 2. The zero-order valence-electron chi connectivity index (χ0n) is 19.9. The molecular weight excluding hydrogens is 478 g/mol. The number of benzene rings is 2. The third-order valence-electron chi connectivity index (χ3n) is 9.36. The molecule has 5 atom stereocenters. The normalized spacial score (nSPS) is 33.1. The summed E-state index contributed by atoms with van der Waals surface area (Å²) in [6.45, 7) is 5.13. The maximum atomic E-state index is 13.6. The fourth-order valence-electron chi connectivity index (χ4n) is 7.99. The van der Waals surface area contributed by atoms with Crippen molar-refractivity contribution in [3.63, 3.8) is 0 Å². The van der Waals surface area contributed by atoms with Crippen LogP contribution in [-0.4, -0.2) is 73.6 Å². The van der Waals surface area contributed by atoms with Gasteiger partial charge in [0.1, 0.15) is 11.7 Å². The minimum Gasteiger partial charge on any atom is -0.504 e. The Hall–Kier alpha value is -3.76. The smallest absolute Gasteiger partial charge is 0.282 e. The molecule has 10 nitrogen and oxygen atoms in total. The number of nitro benzene ring substituents is 1. The van der Waals surface area contributed by atoms with Crippen LogP contribution in [0.15, 0.2) is 43.0 Å². The summed E-state index contributed by atoms with van der Waals surface area (Å²) in [5.41, 5.74) is -1.04. The second-order valence-corrected chi connectivity index (χ2v) is 10.7. The highest BCUT2D eigenvalue weighted by Crippen LogP contribution is 2.66. The van der Waals surface area contributed by atoms with Crippen molar-refractivity contribution in [3.8, 4) is 11.5 Å². The van der Waals surface area contributed by atoms with Crippen LogP contribution in [0.4, 0.5) is 5.69 Å². The van der Waals surface area contributed by atoms with Gasteiger partial charge >= 0.3 is 0 Å². The average Bonchev–Trinajstić information content (AvgIpc) is 3.35. The molecule has 2 fully saturated rings. The highest BCUT2D eigenvalue weighted by Gasteiger charge is 2.74. The molecule has 3 heterocycles. The largest absolute Gasteiger partial charge is 0.504 e. The quantitative estimate of drug-likeness (QED) is 0.281. The molecule has 0 aromatic heterocycles. The van der Waals surface area contributed by atoms with E-state index >= 15 is 0 Å². The van der Waals surface area contributed by atoms with Crippen LogP contribution < -0.4 is 4.74 Å². The summed E-state index contributed by atoms with van der Waals surface area (Å²) in [5.74, 6) is -1.07. The van der Waals surface area contributed by atoms with Gasteiger partial charge in [0.2, 0.25) is 0 Å². The molecule has 190 valence electrons. The first-order chi connectivity index (χ1) is 17.7. The number of phenols is 1. The molecule has 3 aliphatic heterocycles. The van der Waals surface area contributed by atoms with Gasteiger partial charge < -0.3 is 14.9 Å². The minimum absolute atomic E-state index is 0.00101. The monoisotopic (exact) mass is 503 g/mol. The Morgan fingerprint density at radius 3 is 2.78 bits per heavy atom. The summed E-state index contributed by atoms with van der Waals surface area (Å²) in [6.07, 6.45) is 2.67. The summed E-state index contributed by atoms with van der Waals surface area (Å²) in [6, 6.07) is 6.50. The first-order valence-electron chi connectivity index (χ1n) is 12.5. The number of rotatable bonds is 4. The molecule has 7 rings (SSSR count). The number of hydrogen-bond acceptors (Lipinski definition) is 8. The zero-order chi connectivity index (χ0) is 25.9. The predicted octanol–water partition coefficient (Wildman–Crippen LogP) is 2.31. The number of piperidine rings is 1. The number of carbonyl (C=O) groups is 2. The maximum absolute atomic E-state index is 13.6. The number of fused-ring (bicyclic) bond motifs is 1. The Balaban J connectivity index is 1.39. The van der Waals surface area contributed by atoms with Crippen LogP contribution in [0.3, 0.4) is 0 Å². The number of ether oxygens (including phenoxy) is 1. The van der Waals surface area contributed by atoms with Crippen LogP contribution in [0, 0.1) is 10.1 Å². The minimum atomic E-state index is -1.22. The highest BCUT2D eigenvalue weighted by molar-refractivity contribution is 6.23. The Labute approximate surface area is 211 Å². The Morgan fingerprint density at radius 1 is 1.22 bits per heavy atom. The number of likely N-dealkylation sites (tertiary alicyclic amines) is 1. The van der Waals surface area contributed by atoms with Gasteiger partial charge in [-0.3, -0.25) is 29.5 Å². The molecular formula is C27H25N3O7. The molecule has 2 aliphatic carbocycles. The molecule has 1 saturated heterocycles. The van der Waals surface area contributed by atoms with Crippen molar-refractivity contribution >= 4 is 17.5 Å². The molecule has 5 aliphatic rings. The van der Waals surface area contributed by atoms with Crippen LogP contribution >= 0.6 is 0 Å². The summed E-state index contributed by atoms with van der Waals surface area (Å²) in [4.78, 5) is 41.5. The molecule has 10 heteroatoms. The van der Waals surface area contributed by atoms with E-state index in [0.29, 0.717) is 38.1 Å². The number of amides is 2. The Morgan fingerprint density at radius 2 is 2.03 bits per heavy atom. The molecule has 1 saturated carbocycles. The number of nitro groups is 1. The third kappa shape index (κ3) is 2.47. The van der Waals surface area contributed by atoms with Crippen LogP contribution in [0.5, 0.6) is 11.5 Å². The molecule has 37 heavy (non-hydrogen) atoms. The lowest BCUT2D eigenvalue weighted by atomic mass is 9.48. The fraction of sp³-hybridized carbons (Fsp3) is 0.407. The van der Waals surface area contributed by atoms with Crippen molar-refractivity contribution in [2.45, 2.75) is 54.9 Å². The first kappa shape index (κ1) is 22.4. The van der Waals surface area contributed by atoms with Gasteiger partial charge in [-0.15, -0.1) is 6.58 Å². The van der Waals surface area contributed by atoms with Crippen LogP contribution in [0.1, 0.15) is 51.1 Å². The van der Waals surface area contributed by atoms with E-state index in [1.54, 1.807) is 6.07 Å². The topological polar surface area (TPSA) is 133 Å². The van der Waals surface area contributed by atoms with E-state index in [-0.39, 0.29) is 29.3 Å². The second-order valence-electron chi connectivity index (χ2n) is 10.7. The van der Waals surface area contributed by atoms with Gasteiger partial charge in [0, 0.05) is 24.2 Å². The Kier molecular flexibility index (Phi) is 4.35. The molecule has 0 radical (unpaired) electrons. The zero-order valence-corrected chi connectivity index (χ0v) is 19.9. The number of carbonyl (C=O) groups excluding carboxylic acids is 2. The summed E-state index contributed by atoms with van der Waals surface area (Å²) in [5, 5.41) is 34.9. The number of phenolic OH excluding ortho intramolecular Hbond substituents is 1. The molecule has 2 aromatic rings. The van der Waals surface area contributed by atoms with E-state index in [2.05, 4.69) is 11.5 Å². The van der Waals surface area contributed by atoms with Crippen molar-refractivity contribution in [3.05, 3.63) is 75.4 Å². The van der Waals surface area contributed by atoms with Gasteiger partial charge in [-0.05, 0) is 49.9 Å². The van der Waals surface area contributed by atoms with E-state index in [1.165, 1.54) is 18.2 Å². The first-order valence-corrected chi connectivity index (χ1v) is 12.5. The second kappa shape index (κ2) is 7.17.